The van der Waals surface area contributed by atoms with Crippen LogP contribution >= 0.6 is 0 Å². The number of rotatable bonds is 4. The van der Waals surface area contributed by atoms with Crippen LogP contribution in [0.5, 0.6) is 17.2 Å². The standard InChI is InChI=1S/C25H24N4O6/c1-10-7-14(9-34-6)27-24(26-10)29-15-8-16-25(5,23(33)17(15)12(3)28-29)19-21(32)11(2)20(31)18(13(4)30)22(19)35-16/h7-8,31-32H,9H2,1-6H3. The molecule has 2 N–H and O–H groups in total. The summed E-state index contributed by atoms with van der Waals surface area (Å²) in [6.45, 7) is 8.22. The van der Waals surface area contributed by atoms with Crippen LogP contribution in [0.4, 0.5) is 0 Å². The minimum Gasteiger partial charge on any atom is -0.507 e. The molecule has 1 aliphatic carbocycles. The summed E-state index contributed by atoms with van der Waals surface area (Å²) in [5.41, 5.74) is 1.34. The highest BCUT2D eigenvalue weighted by Gasteiger charge is 2.55. The third kappa shape index (κ3) is 2.96. The van der Waals surface area contributed by atoms with Crippen LogP contribution < -0.4 is 4.74 Å². The molecule has 0 amide bonds. The van der Waals surface area contributed by atoms with Crippen molar-refractivity contribution in [2.24, 2.45) is 0 Å². The van der Waals surface area contributed by atoms with Gasteiger partial charge in [-0.3, -0.25) is 9.59 Å². The number of carbonyl (C=O) groups is 2. The minimum atomic E-state index is -1.41. The first-order valence-electron chi connectivity index (χ1n) is 11.0. The average molecular weight is 476 g/mol. The number of fused-ring (bicyclic) bond motifs is 4. The maximum atomic E-state index is 14.0. The van der Waals surface area contributed by atoms with Crippen molar-refractivity contribution in [1.29, 1.82) is 0 Å². The third-order valence-electron chi connectivity index (χ3n) is 6.62. The summed E-state index contributed by atoms with van der Waals surface area (Å²) in [6, 6.07) is 1.80. The number of phenolic OH excluding ortho intramolecular Hbond substituents is 2. The van der Waals surface area contributed by atoms with E-state index >= 15 is 0 Å². The Morgan fingerprint density at radius 3 is 2.57 bits per heavy atom. The second kappa shape index (κ2) is 7.47. The van der Waals surface area contributed by atoms with Gasteiger partial charge in [-0.15, -0.1) is 0 Å². The number of ether oxygens (including phenoxy) is 2. The number of nitrogens with zero attached hydrogens (tertiary/aromatic N) is 4. The Balaban J connectivity index is 1.76. The molecule has 0 saturated carbocycles. The quantitative estimate of drug-likeness (QED) is 0.544. The van der Waals surface area contributed by atoms with E-state index in [-0.39, 0.29) is 58.0 Å². The first kappa shape index (κ1) is 22.7. The Morgan fingerprint density at radius 2 is 1.91 bits per heavy atom. The molecule has 1 aromatic carbocycles. The SMILES string of the molecule is COCc1cc(C)nc(-n2nc(C)c3c2C=C2Oc4c(C(C)=O)c(O)c(C)c(O)c4C2(C)C3=O)n1. The van der Waals surface area contributed by atoms with Gasteiger partial charge >= 0.3 is 0 Å². The van der Waals surface area contributed by atoms with Gasteiger partial charge in [-0.2, -0.15) is 9.78 Å². The molecule has 180 valence electrons. The molecule has 10 nitrogen and oxygen atoms in total. The first-order valence-corrected chi connectivity index (χ1v) is 11.0. The monoisotopic (exact) mass is 476 g/mol. The molecule has 0 fully saturated rings. The second-order valence-corrected chi connectivity index (χ2v) is 9.01. The molecule has 2 aliphatic rings. The number of hydrogen-bond acceptors (Lipinski definition) is 9. The van der Waals surface area contributed by atoms with Crippen molar-refractivity contribution >= 4 is 17.6 Å². The van der Waals surface area contributed by atoms with E-state index in [4.69, 9.17) is 9.47 Å². The van der Waals surface area contributed by atoms with E-state index in [1.165, 1.54) is 18.5 Å². The van der Waals surface area contributed by atoms with Crippen molar-refractivity contribution in [3.8, 4) is 23.2 Å². The highest BCUT2D eigenvalue weighted by molar-refractivity contribution is 6.14. The fourth-order valence-electron chi connectivity index (χ4n) is 4.87. The number of carbonyl (C=O) groups excluding carboxylic acids is 2. The Kier molecular flexibility index (Phi) is 4.85. The number of aromatic nitrogens is 4. The fourth-order valence-corrected chi connectivity index (χ4v) is 4.87. The summed E-state index contributed by atoms with van der Waals surface area (Å²) in [6.07, 6.45) is 1.65. The Morgan fingerprint density at radius 1 is 1.20 bits per heavy atom. The molecule has 2 aromatic heterocycles. The molecular weight excluding hydrogens is 452 g/mol. The summed E-state index contributed by atoms with van der Waals surface area (Å²) >= 11 is 0. The minimum absolute atomic E-state index is 0.0169. The molecule has 1 atom stereocenters. The molecule has 1 unspecified atom stereocenters. The van der Waals surface area contributed by atoms with Gasteiger partial charge in [0.25, 0.3) is 5.95 Å². The fraction of sp³-hybridized carbons (Fsp3) is 0.320. The van der Waals surface area contributed by atoms with Crippen LogP contribution in [0.2, 0.25) is 0 Å². The van der Waals surface area contributed by atoms with Crippen LogP contribution in [0.1, 0.15) is 68.5 Å². The van der Waals surface area contributed by atoms with E-state index in [9.17, 15) is 19.8 Å². The summed E-state index contributed by atoms with van der Waals surface area (Å²) in [4.78, 5) is 35.4. The summed E-state index contributed by atoms with van der Waals surface area (Å²) in [7, 11) is 1.57. The predicted molar refractivity (Wildman–Crippen MR) is 124 cm³/mol. The van der Waals surface area contributed by atoms with Crippen molar-refractivity contribution in [2.75, 3.05) is 7.11 Å². The van der Waals surface area contributed by atoms with Crippen LogP contribution in [0, 0.1) is 20.8 Å². The summed E-state index contributed by atoms with van der Waals surface area (Å²) < 4.78 is 12.7. The van der Waals surface area contributed by atoms with Gasteiger partial charge in [-0.1, -0.05) is 0 Å². The highest BCUT2D eigenvalue weighted by atomic mass is 16.5. The molecule has 3 heterocycles. The molecule has 35 heavy (non-hydrogen) atoms. The summed E-state index contributed by atoms with van der Waals surface area (Å²) in [5.74, 6) is -1.01. The molecule has 0 saturated heterocycles. The third-order valence-corrected chi connectivity index (χ3v) is 6.62. The number of methoxy groups -OCH3 is 1. The average Bonchev–Trinajstić information content (AvgIpc) is 3.27. The number of Topliss-reactive ketones (excluding diaryl/α,β-unsaturated/α-hetero) is 2. The van der Waals surface area contributed by atoms with Gasteiger partial charge in [0.2, 0.25) is 0 Å². The van der Waals surface area contributed by atoms with Crippen molar-refractivity contribution in [3.63, 3.8) is 0 Å². The maximum Gasteiger partial charge on any atom is 0.251 e. The van der Waals surface area contributed by atoms with Crippen LogP contribution in [0.3, 0.4) is 0 Å². The van der Waals surface area contributed by atoms with Gasteiger partial charge < -0.3 is 19.7 Å². The second-order valence-electron chi connectivity index (χ2n) is 9.01. The van der Waals surface area contributed by atoms with E-state index in [2.05, 4.69) is 15.1 Å². The van der Waals surface area contributed by atoms with Crippen LogP contribution in [-0.2, 0) is 16.8 Å². The van der Waals surface area contributed by atoms with E-state index in [1.807, 2.05) is 6.92 Å². The van der Waals surface area contributed by atoms with Gasteiger partial charge in [-0.05, 0) is 40.7 Å². The smallest absolute Gasteiger partial charge is 0.251 e. The zero-order chi connectivity index (χ0) is 25.4. The number of ketones is 2. The normalized spacial score (nSPS) is 18.0. The van der Waals surface area contributed by atoms with E-state index in [0.29, 0.717) is 28.3 Å². The van der Waals surface area contributed by atoms with Crippen molar-refractivity contribution in [2.45, 2.75) is 46.6 Å². The molecule has 3 aromatic rings. The highest BCUT2D eigenvalue weighted by Crippen LogP contribution is 2.58. The number of aryl methyl sites for hydroxylation is 2. The van der Waals surface area contributed by atoms with Gasteiger partial charge in [-0.25, -0.2) is 9.97 Å². The zero-order valence-corrected chi connectivity index (χ0v) is 20.2. The number of benzene rings is 1. The molecule has 1 aliphatic heterocycles. The number of phenols is 2. The van der Waals surface area contributed by atoms with Gasteiger partial charge in [0.05, 0.1) is 34.8 Å². The lowest BCUT2D eigenvalue weighted by Gasteiger charge is -2.27. The van der Waals surface area contributed by atoms with Crippen molar-refractivity contribution in [3.05, 3.63) is 56.9 Å². The molecule has 0 bridgehead atoms. The van der Waals surface area contributed by atoms with Crippen LogP contribution in [-0.4, -0.2) is 48.6 Å². The van der Waals surface area contributed by atoms with Crippen molar-refractivity contribution < 1.29 is 29.3 Å². The van der Waals surface area contributed by atoms with Crippen LogP contribution in [0.25, 0.3) is 12.0 Å². The van der Waals surface area contributed by atoms with E-state index in [1.54, 1.807) is 33.1 Å². The lowest BCUT2D eigenvalue weighted by atomic mass is 9.71. The van der Waals surface area contributed by atoms with E-state index < -0.39 is 11.2 Å². The van der Waals surface area contributed by atoms with Gasteiger partial charge in [0, 0.05) is 24.4 Å². The molecule has 0 radical (unpaired) electrons. The lowest BCUT2D eigenvalue weighted by molar-refractivity contribution is 0.0905. The molecule has 10 heteroatoms. The molecule has 5 rings (SSSR count). The summed E-state index contributed by atoms with van der Waals surface area (Å²) in [5, 5.41) is 26.1. The molecular formula is C25H24N4O6. The zero-order valence-electron chi connectivity index (χ0n) is 20.2. The molecule has 0 spiro atoms. The topological polar surface area (TPSA) is 137 Å². The van der Waals surface area contributed by atoms with E-state index in [0.717, 1.165) is 0 Å². The Hall–Kier alpha value is -4.05. The largest absolute Gasteiger partial charge is 0.507 e. The van der Waals surface area contributed by atoms with Gasteiger partial charge in [0.15, 0.2) is 11.6 Å². The maximum absolute atomic E-state index is 14.0. The van der Waals surface area contributed by atoms with Crippen molar-refractivity contribution in [1.82, 2.24) is 19.7 Å². The first-order chi connectivity index (χ1) is 16.5. The number of hydrogen-bond donors (Lipinski definition) is 2. The van der Waals surface area contributed by atoms with Gasteiger partial charge in [0.1, 0.15) is 34.0 Å². The number of aromatic hydroxyl groups is 2. The number of allylic oxidation sites excluding steroid dienone is 1. The Labute approximate surface area is 200 Å². The van der Waals surface area contributed by atoms with Crippen LogP contribution in [0.15, 0.2) is 11.8 Å². The Bertz CT molecular complexity index is 1500. The lowest BCUT2D eigenvalue weighted by Crippen LogP contribution is -2.36. The predicted octanol–water partition coefficient (Wildman–Crippen LogP) is 3.24.